The van der Waals surface area contributed by atoms with E-state index in [1.54, 1.807) is 24.1 Å². The first-order valence-corrected chi connectivity index (χ1v) is 7.50. The van der Waals surface area contributed by atoms with Crippen LogP contribution in [0, 0.1) is 0 Å². The number of carbonyl (C=O) groups is 1. The molecule has 2 aromatic rings. The largest absolute Gasteiger partial charge is 0.416 e. The van der Waals surface area contributed by atoms with Crippen LogP contribution in [0.5, 0.6) is 0 Å². The van der Waals surface area contributed by atoms with Gasteiger partial charge in [0.15, 0.2) is 0 Å². The Kier molecular flexibility index (Phi) is 4.17. The number of aromatic nitrogens is 2. The molecule has 2 heterocycles. The average Bonchev–Trinajstić information content (AvgIpc) is 3.01. The second kappa shape index (κ2) is 6.14. The van der Waals surface area contributed by atoms with Gasteiger partial charge >= 0.3 is 6.18 Å². The van der Waals surface area contributed by atoms with E-state index in [4.69, 9.17) is 0 Å². The van der Waals surface area contributed by atoms with Crippen molar-refractivity contribution in [2.45, 2.75) is 26.1 Å². The van der Waals surface area contributed by atoms with Gasteiger partial charge in [-0.15, -0.1) is 0 Å². The lowest BCUT2D eigenvalue weighted by atomic mass is 10.0. The van der Waals surface area contributed by atoms with Gasteiger partial charge in [-0.3, -0.25) is 9.89 Å². The summed E-state index contributed by atoms with van der Waals surface area (Å²) in [5.74, 6) is -0.211. The lowest BCUT2D eigenvalue weighted by Crippen LogP contribution is -2.34. The van der Waals surface area contributed by atoms with Crippen molar-refractivity contribution in [2.75, 3.05) is 6.54 Å². The van der Waals surface area contributed by atoms with Gasteiger partial charge in [-0.05, 0) is 30.2 Å². The van der Waals surface area contributed by atoms with E-state index < -0.39 is 11.7 Å². The van der Waals surface area contributed by atoms with Crippen molar-refractivity contribution < 1.29 is 18.0 Å². The van der Waals surface area contributed by atoms with Crippen molar-refractivity contribution in [3.8, 4) is 0 Å². The summed E-state index contributed by atoms with van der Waals surface area (Å²) in [5, 5.41) is 6.85. The SMILES string of the molecule is C/C(=C\C(=O)N1CCc2[nH]ncc2C1)c1cccc(C(F)(F)F)c1. The fraction of sp³-hybridized carbons (Fsp3) is 0.294. The highest BCUT2D eigenvalue weighted by atomic mass is 19.4. The molecular weight excluding hydrogens is 319 g/mol. The van der Waals surface area contributed by atoms with Crippen molar-refractivity contribution in [3.63, 3.8) is 0 Å². The highest BCUT2D eigenvalue weighted by Crippen LogP contribution is 2.31. The molecule has 0 bridgehead atoms. The standard InChI is InChI=1S/C17H16F3N3O/c1-11(12-3-2-4-14(8-12)17(18,19)20)7-16(24)23-6-5-15-13(10-23)9-21-22-15/h2-4,7-9H,5-6,10H2,1H3,(H,21,22)/b11-7+. The van der Waals surface area contributed by atoms with Crippen LogP contribution < -0.4 is 0 Å². The van der Waals surface area contributed by atoms with Crippen LogP contribution in [0.4, 0.5) is 13.2 Å². The van der Waals surface area contributed by atoms with Gasteiger partial charge in [0.25, 0.3) is 0 Å². The van der Waals surface area contributed by atoms with Gasteiger partial charge in [0.2, 0.25) is 5.91 Å². The third kappa shape index (κ3) is 3.34. The zero-order chi connectivity index (χ0) is 17.3. The number of carbonyl (C=O) groups excluding carboxylic acids is 1. The molecule has 126 valence electrons. The highest BCUT2D eigenvalue weighted by molar-refractivity contribution is 5.95. The van der Waals surface area contributed by atoms with Crippen molar-refractivity contribution >= 4 is 11.5 Å². The summed E-state index contributed by atoms with van der Waals surface area (Å²) >= 11 is 0. The number of rotatable bonds is 2. The first kappa shape index (κ1) is 16.3. The molecule has 1 aromatic heterocycles. The Morgan fingerprint density at radius 3 is 2.92 bits per heavy atom. The number of nitrogens with one attached hydrogen (secondary N) is 1. The number of aromatic amines is 1. The first-order chi connectivity index (χ1) is 11.3. The molecule has 1 aliphatic heterocycles. The van der Waals surface area contributed by atoms with E-state index in [-0.39, 0.29) is 5.91 Å². The molecule has 1 aromatic carbocycles. The first-order valence-electron chi connectivity index (χ1n) is 7.50. The van der Waals surface area contributed by atoms with Crippen LogP contribution in [0.1, 0.15) is 29.3 Å². The number of fused-ring (bicyclic) bond motifs is 1. The molecule has 0 unspecified atom stereocenters. The van der Waals surface area contributed by atoms with Crippen LogP contribution in [-0.2, 0) is 23.9 Å². The monoisotopic (exact) mass is 335 g/mol. The van der Waals surface area contributed by atoms with Crippen LogP contribution in [0.2, 0.25) is 0 Å². The maximum Gasteiger partial charge on any atom is 0.416 e. The van der Waals surface area contributed by atoms with Gasteiger partial charge in [-0.1, -0.05) is 12.1 Å². The molecule has 7 heteroatoms. The Bertz CT molecular complexity index is 792. The Morgan fingerprint density at radius 1 is 1.38 bits per heavy atom. The smallest absolute Gasteiger partial charge is 0.334 e. The Labute approximate surface area is 137 Å². The highest BCUT2D eigenvalue weighted by Gasteiger charge is 2.30. The van der Waals surface area contributed by atoms with Gasteiger partial charge in [0.1, 0.15) is 0 Å². The van der Waals surface area contributed by atoms with Gasteiger partial charge in [-0.2, -0.15) is 18.3 Å². The average molecular weight is 335 g/mol. The third-order valence-corrected chi connectivity index (χ3v) is 4.10. The zero-order valence-corrected chi connectivity index (χ0v) is 13.0. The Hall–Kier alpha value is -2.57. The van der Waals surface area contributed by atoms with E-state index in [2.05, 4.69) is 10.2 Å². The minimum atomic E-state index is -4.40. The van der Waals surface area contributed by atoms with Crippen molar-refractivity contribution in [3.05, 3.63) is 58.9 Å². The predicted octanol–water partition coefficient (Wildman–Crippen LogP) is 3.42. The molecule has 24 heavy (non-hydrogen) atoms. The quantitative estimate of drug-likeness (QED) is 0.855. The van der Waals surface area contributed by atoms with E-state index >= 15 is 0 Å². The number of hydrogen-bond acceptors (Lipinski definition) is 2. The van der Waals surface area contributed by atoms with Gasteiger partial charge < -0.3 is 4.90 Å². The fourth-order valence-electron chi connectivity index (χ4n) is 2.71. The van der Waals surface area contributed by atoms with Gasteiger partial charge in [-0.25, -0.2) is 0 Å². The second-order valence-electron chi connectivity index (χ2n) is 5.79. The van der Waals surface area contributed by atoms with Crippen molar-refractivity contribution in [1.82, 2.24) is 15.1 Å². The molecule has 0 fully saturated rings. The fourth-order valence-corrected chi connectivity index (χ4v) is 2.71. The van der Waals surface area contributed by atoms with Crippen LogP contribution >= 0.6 is 0 Å². The van der Waals surface area contributed by atoms with E-state index in [1.807, 2.05) is 0 Å². The number of allylic oxidation sites excluding steroid dienone is 1. The van der Waals surface area contributed by atoms with Crippen molar-refractivity contribution in [2.24, 2.45) is 0 Å². The van der Waals surface area contributed by atoms with E-state index in [0.29, 0.717) is 30.6 Å². The van der Waals surface area contributed by atoms with E-state index in [1.165, 1.54) is 12.1 Å². The van der Waals surface area contributed by atoms with E-state index in [0.717, 1.165) is 23.4 Å². The number of benzene rings is 1. The van der Waals surface area contributed by atoms with Gasteiger partial charge in [0.05, 0.1) is 11.8 Å². The Balaban J connectivity index is 1.77. The summed E-state index contributed by atoms with van der Waals surface area (Å²) in [6.07, 6.45) is -0.624. The van der Waals surface area contributed by atoms with E-state index in [9.17, 15) is 18.0 Å². The predicted molar refractivity (Wildman–Crippen MR) is 82.8 cm³/mol. The lowest BCUT2D eigenvalue weighted by Gasteiger charge is -2.25. The summed E-state index contributed by atoms with van der Waals surface area (Å²) in [4.78, 5) is 14.1. The number of amides is 1. The lowest BCUT2D eigenvalue weighted by molar-refractivity contribution is -0.137. The molecular formula is C17H16F3N3O. The third-order valence-electron chi connectivity index (χ3n) is 4.10. The van der Waals surface area contributed by atoms with Crippen LogP contribution in [-0.4, -0.2) is 27.5 Å². The van der Waals surface area contributed by atoms with Crippen LogP contribution in [0.25, 0.3) is 5.57 Å². The number of alkyl halides is 3. The molecule has 4 nitrogen and oxygen atoms in total. The normalized spacial score (nSPS) is 15.3. The summed E-state index contributed by atoms with van der Waals surface area (Å²) in [6.45, 7) is 2.65. The molecule has 0 saturated heterocycles. The number of nitrogens with zero attached hydrogens (tertiary/aromatic N) is 2. The summed E-state index contributed by atoms with van der Waals surface area (Å²) in [5.41, 5.74) is 2.17. The molecule has 0 aliphatic carbocycles. The molecule has 0 atom stereocenters. The minimum absolute atomic E-state index is 0.211. The zero-order valence-electron chi connectivity index (χ0n) is 13.0. The molecule has 1 aliphatic rings. The number of halogens is 3. The summed E-state index contributed by atoms with van der Waals surface area (Å²) in [7, 11) is 0. The molecule has 1 N–H and O–H groups in total. The molecule has 0 spiro atoms. The number of H-pyrrole nitrogens is 1. The minimum Gasteiger partial charge on any atom is -0.334 e. The van der Waals surface area contributed by atoms with Crippen LogP contribution in [0.3, 0.4) is 0 Å². The van der Waals surface area contributed by atoms with Crippen LogP contribution in [0.15, 0.2) is 36.5 Å². The summed E-state index contributed by atoms with van der Waals surface area (Å²) in [6, 6.07) is 4.99. The topological polar surface area (TPSA) is 49.0 Å². The molecule has 0 saturated carbocycles. The molecule has 3 rings (SSSR count). The van der Waals surface area contributed by atoms with Gasteiger partial charge in [0, 0.05) is 36.8 Å². The molecule has 0 radical (unpaired) electrons. The maximum absolute atomic E-state index is 12.8. The number of hydrogen-bond donors (Lipinski definition) is 1. The maximum atomic E-state index is 12.8. The Morgan fingerprint density at radius 2 is 2.17 bits per heavy atom. The molecule has 1 amide bonds. The summed E-state index contributed by atoms with van der Waals surface area (Å²) < 4.78 is 38.4. The van der Waals surface area contributed by atoms with Crippen molar-refractivity contribution in [1.29, 1.82) is 0 Å². The second-order valence-corrected chi connectivity index (χ2v) is 5.79.